The van der Waals surface area contributed by atoms with E-state index in [2.05, 4.69) is 5.10 Å². The first-order valence-corrected chi connectivity index (χ1v) is 8.82. The van der Waals surface area contributed by atoms with Crippen molar-refractivity contribution in [1.29, 1.82) is 0 Å². The molecule has 4 nitrogen and oxygen atoms in total. The molecule has 0 spiro atoms. The summed E-state index contributed by atoms with van der Waals surface area (Å²) in [4.78, 5) is 13.8. The Balaban J connectivity index is 1.69. The molecule has 3 heterocycles. The van der Waals surface area contributed by atoms with E-state index >= 15 is 0 Å². The molecule has 0 aromatic carbocycles. The average molecular weight is 313 g/mol. The number of aromatic nitrogens is 3. The molecule has 0 unspecified atom stereocenters. The van der Waals surface area contributed by atoms with Crippen LogP contribution in [0, 0.1) is 5.92 Å². The Morgan fingerprint density at radius 1 is 1.23 bits per heavy atom. The smallest absolute Gasteiger partial charge is 0.276 e. The van der Waals surface area contributed by atoms with Crippen LogP contribution < -0.4 is 5.56 Å². The number of nitrogens with zero attached hydrogens (tertiary/aromatic N) is 3. The van der Waals surface area contributed by atoms with E-state index in [0.29, 0.717) is 11.4 Å². The van der Waals surface area contributed by atoms with Crippen LogP contribution in [0.2, 0.25) is 0 Å². The molecule has 0 N–H and O–H groups in total. The van der Waals surface area contributed by atoms with Gasteiger partial charge in [0.2, 0.25) is 0 Å². The van der Waals surface area contributed by atoms with Crippen LogP contribution in [0.25, 0.3) is 16.1 Å². The first-order valence-electron chi connectivity index (χ1n) is 7.94. The molecule has 0 bridgehead atoms. The van der Waals surface area contributed by atoms with Gasteiger partial charge in [0.15, 0.2) is 0 Å². The lowest BCUT2D eigenvalue weighted by atomic mass is 9.89. The second kappa shape index (κ2) is 5.72. The molecule has 1 aliphatic rings. The predicted octanol–water partition coefficient (Wildman–Crippen LogP) is 3.80. The van der Waals surface area contributed by atoms with Crippen LogP contribution in [0.3, 0.4) is 0 Å². The molecular weight excluding hydrogens is 294 g/mol. The molecule has 1 saturated carbocycles. The summed E-state index contributed by atoms with van der Waals surface area (Å²) < 4.78 is 3.57. The molecule has 3 aromatic rings. The number of thiophene rings is 1. The second-order valence-corrected chi connectivity index (χ2v) is 7.04. The van der Waals surface area contributed by atoms with E-state index < -0.39 is 0 Å². The minimum Gasteiger partial charge on any atom is -0.312 e. The van der Waals surface area contributed by atoms with E-state index in [1.165, 1.54) is 32.1 Å². The first kappa shape index (κ1) is 13.8. The van der Waals surface area contributed by atoms with Crippen molar-refractivity contribution in [3.63, 3.8) is 0 Å². The Hall–Kier alpha value is -1.88. The largest absolute Gasteiger partial charge is 0.312 e. The first-order chi connectivity index (χ1) is 10.8. The predicted molar refractivity (Wildman–Crippen MR) is 89.3 cm³/mol. The Morgan fingerprint density at radius 3 is 2.86 bits per heavy atom. The molecule has 114 valence electrons. The highest BCUT2D eigenvalue weighted by Crippen LogP contribution is 2.25. The van der Waals surface area contributed by atoms with Gasteiger partial charge in [-0.3, -0.25) is 4.79 Å². The summed E-state index contributed by atoms with van der Waals surface area (Å²) in [6.07, 6.45) is 10.2. The Bertz CT molecular complexity index is 825. The molecule has 5 heteroatoms. The van der Waals surface area contributed by atoms with Gasteiger partial charge in [-0.05, 0) is 36.3 Å². The zero-order valence-corrected chi connectivity index (χ0v) is 13.3. The molecule has 1 aliphatic carbocycles. The van der Waals surface area contributed by atoms with E-state index in [9.17, 15) is 4.79 Å². The maximum Gasteiger partial charge on any atom is 0.276 e. The molecule has 0 radical (unpaired) electrons. The Labute approximate surface area is 133 Å². The van der Waals surface area contributed by atoms with Crippen LogP contribution in [0.5, 0.6) is 0 Å². The van der Waals surface area contributed by atoms with Crippen molar-refractivity contribution >= 4 is 16.9 Å². The van der Waals surface area contributed by atoms with E-state index in [1.807, 2.05) is 40.5 Å². The number of rotatable bonds is 3. The van der Waals surface area contributed by atoms with Crippen molar-refractivity contribution in [3.8, 4) is 10.6 Å². The van der Waals surface area contributed by atoms with Crippen molar-refractivity contribution in [1.82, 2.24) is 14.2 Å². The van der Waals surface area contributed by atoms with Crippen molar-refractivity contribution in [2.75, 3.05) is 0 Å². The van der Waals surface area contributed by atoms with Gasteiger partial charge in [-0.1, -0.05) is 25.3 Å². The molecule has 0 atom stereocenters. The maximum absolute atomic E-state index is 12.7. The van der Waals surface area contributed by atoms with Crippen molar-refractivity contribution in [2.24, 2.45) is 5.92 Å². The normalized spacial score (nSPS) is 16.4. The SMILES string of the molecule is O=c1c2cc(-c3cccs3)nn2ccn1CC1CCCCC1. The van der Waals surface area contributed by atoms with Crippen LogP contribution >= 0.6 is 11.3 Å². The van der Waals surface area contributed by atoms with Crippen LogP contribution in [-0.2, 0) is 6.54 Å². The Morgan fingerprint density at radius 2 is 2.09 bits per heavy atom. The highest BCUT2D eigenvalue weighted by atomic mass is 32.1. The number of hydrogen-bond acceptors (Lipinski definition) is 3. The quantitative estimate of drug-likeness (QED) is 0.737. The van der Waals surface area contributed by atoms with Crippen LogP contribution in [0.4, 0.5) is 0 Å². The zero-order chi connectivity index (χ0) is 14.9. The number of fused-ring (bicyclic) bond motifs is 1. The third kappa shape index (κ3) is 2.50. The van der Waals surface area contributed by atoms with Crippen LogP contribution in [0.15, 0.2) is 40.8 Å². The topological polar surface area (TPSA) is 39.3 Å². The third-order valence-electron chi connectivity index (χ3n) is 4.56. The van der Waals surface area contributed by atoms with E-state index in [1.54, 1.807) is 15.9 Å². The summed E-state index contributed by atoms with van der Waals surface area (Å²) in [5.41, 5.74) is 1.62. The zero-order valence-electron chi connectivity index (χ0n) is 12.4. The van der Waals surface area contributed by atoms with Gasteiger partial charge in [-0.25, -0.2) is 4.52 Å². The van der Waals surface area contributed by atoms with E-state index in [4.69, 9.17) is 0 Å². The monoisotopic (exact) mass is 313 g/mol. The minimum atomic E-state index is 0.0726. The van der Waals surface area contributed by atoms with Crippen molar-refractivity contribution < 1.29 is 0 Å². The van der Waals surface area contributed by atoms with Gasteiger partial charge >= 0.3 is 0 Å². The average Bonchev–Trinajstić information content (AvgIpc) is 3.20. The Kier molecular flexibility index (Phi) is 3.58. The van der Waals surface area contributed by atoms with E-state index in [-0.39, 0.29) is 5.56 Å². The van der Waals surface area contributed by atoms with Gasteiger partial charge in [0, 0.05) is 18.9 Å². The van der Waals surface area contributed by atoms with Gasteiger partial charge in [-0.2, -0.15) is 5.10 Å². The highest BCUT2D eigenvalue weighted by molar-refractivity contribution is 7.13. The molecule has 0 amide bonds. The van der Waals surface area contributed by atoms with Gasteiger partial charge in [0.25, 0.3) is 5.56 Å². The molecule has 4 rings (SSSR count). The summed E-state index contributed by atoms with van der Waals surface area (Å²) in [7, 11) is 0. The molecule has 3 aromatic heterocycles. The second-order valence-electron chi connectivity index (χ2n) is 6.10. The molecular formula is C17H19N3OS. The van der Waals surface area contributed by atoms with Gasteiger partial charge in [0.05, 0.1) is 4.88 Å². The lowest BCUT2D eigenvalue weighted by Crippen LogP contribution is -2.25. The summed E-state index contributed by atoms with van der Waals surface area (Å²) in [5.74, 6) is 0.647. The molecule has 0 saturated heterocycles. The van der Waals surface area contributed by atoms with Crippen LogP contribution in [-0.4, -0.2) is 14.2 Å². The summed E-state index contributed by atoms with van der Waals surface area (Å²) in [6, 6.07) is 5.95. The summed E-state index contributed by atoms with van der Waals surface area (Å²) >= 11 is 1.65. The lowest BCUT2D eigenvalue weighted by Gasteiger charge is -2.22. The van der Waals surface area contributed by atoms with Crippen molar-refractivity contribution in [2.45, 2.75) is 38.6 Å². The van der Waals surface area contributed by atoms with Gasteiger partial charge in [0.1, 0.15) is 11.2 Å². The third-order valence-corrected chi connectivity index (χ3v) is 5.45. The lowest BCUT2D eigenvalue weighted by molar-refractivity contribution is 0.316. The highest BCUT2D eigenvalue weighted by Gasteiger charge is 2.16. The number of hydrogen-bond donors (Lipinski definition) is 0. The van der Waals surface area contributed by atoms with Crippen LogP contribution in [0.1, 0.15) is 32.1 Å². The fourth-order valence-corrected chi connectivity index (χ4v) is 4.04. The standard InChI is InChI=1S/C17H19N3OS/c21-17-15-11-14(16-7-4-10-22-16)18-20(15)9-8-19(17)12-13-5-2-1-3-6-13/h4,7-11,13H,1-3,5-6,12H2. The molecule has 1 fully saturated rings. The summed E-state index contributed by atoms with van der Waals surface area (Å²) in [6.45, 7) is 0.842. The van der Waals surface area contributed by atoms with Crippen molar-refractivity contribution in [3.05, 3.63) is 46.3 Å². The molecule has 22 heavy (non-hydrogen) atoms. The fraction of sp³-hybridized carbons (Fsp3) is 0.412. The molecule has 0 aliphatic heterocycles. The van der Waals surface area contributed by atoms with Gasteiger partial charge < -0.3 is 4.57 Å². The summed E-state index contributed by atoms with van der Waals surface area (Å²) in [5, 5.41) is 6.55. The van der Waals surface area contributed by atoms with Gasteiger partial charge in [-0.15, -0.1) is 11.3 Å². The maximum atomic E-state index is 12.7. The minimum absolute atomic E-state index is 0.0726. The fourth-order valence-electron chi connectivity index (χ4n) is 3.36. The van der Waals surface area contributed by atoms with E-state index in [0.717, 1.165) is 17.1 Å².